The Morgan fingerprint density at radius 3 is 2.58 bits per heavy atom. The van der Waals surface area contributed by atoms with Gasteiger partial charge < -0.3 is 5.73 Å². The first-order valence-corrected chi connectivity index (χ1v) is 8.95. The van der Waals surface area contributed by atoms with Gasteiger partial charge in [-0.05, 0) is 54.7 Å². The third-order valence-electron chi connectivity index (χ3n) is 4.53. The highest BCUT2D eigenvalue weighted by Gasteiger charge is 2.32. The zero-order chi connectivity index (χ0) is 13.5. The predicted octanol–water partition coefficient (Wildman–Crippen LogP) is 2.00. The summed E-state index contributed by atoms with van der Waals surface area (Å²) in [6, 6.07) is 6.36. The quantitative estimate of drug-likeness (QED) is 0.900. The fourth-order valence-electron chi connectivity index (χ4n) is 3.34. The van der Waals surface area contributed by atoms with Gasteiger partial charge in [-0.1, -0.05) is 18.2 Å². The Hall–Kier alpha value is -0.870. The van der Waals surface area contributed by atoms with E-state index in [1.807, 2.05) is 0 Å². The van der Waals surface area contributed by atoms with Crippen molar-refractivity contribution in [3.8, 4) is 0 Å². The number of benzene rings is 1. The van der Waals surface area contributed by atoms with Crippen molar-refractivity contribution < 1.29 is 8.42 Å². The maximum atomic E-state index is 11.6. The highest BCUT2D eigenvalue weighted by atomic mass is 32.2. The second kappa shape index (κ2) is 4.91. The van der Waals surface area contributed by atoms with Crippen LogP contribution in [0.3, 0.4) is 0 Å². The van der Waals surface area contributed by atoms with Crippen LogP contribution in [-0.2, 0) is 22.7 Å². The Morgan fingerprint density at radius 2 is 1.89 bits per heavy atom. The number of nitrogens with two attached hydrogens (primary N) is 1. The second-order valence-electron chi connectivity index (χ2n) is 5.92. The molecule has 1 heterocycles. The molecule has 3 nitrogen and oxygen atoms in total. The van der Waals surface area contributed by atoms with E-state index in [0.717, 1.165) is 12.0 Å². The molecule has 4 heteroatoms. The first kappa shape index (κ1) is 13.1. The van der Waals surface area contributed by atoms with Crippen molar-refractivity contribution in [2.45, 2.75) is 38.1 Å². The van der Waals surface area contributed by atoms with Crippen molar-refractivity contribution >= 4 is 9.84 Å². The maximum Gasteiger partial charge on any atom is 0.150 e. The molecule has 0 aromatic heterocycles. The van der Waals surface area contributed by atoms with Crippen molar-refractivity contribution in [2.75, 3.05) is 11.5 Å². The van der Waals surface area contributed by atoms with Gasteiger partial charge >= 0.3 is 0 Å². The van der Waals surface area contributed by atoms with Crippen LogP contribution in [0.5, 0.6) is 0 Å². The van der Waals surface area contributed by atoms with Crippen molar-refractivity contribution in [1.82, 2.24) is 0 Å². The average Bonchev–Trinajstić information content (AvgIpc) is 2.78. The Kier molecular flexibility index (Phi) is 3.39. The minimum Gasteiger partial charge on any atom is -0.324 e. The summed E-state index contributed by atoms with van der Waals surface area (Å²) in [6.07, 6.45) is 5.55. The molecule has 1 aromatic carbocycles. The standard InChI is InChI=1S/C15H21NO2S/c16-15(14-7-8-19(17,18)10-14)13-6-5-11-3-1-2-4-12(11)9-13/h5-6,9,14-15H,1-4,7-8,10,16H2. The van der Waals surface area contributed by atoms with Gasteiger partial charge in [0.1, 0.15) is 0 Å². The summed E-state index contributed by atoms with van der Waals surface area (Å²) in [5.74, 6) is 0.647. The van der Waals surface area contributed by atoms with Crippen LogP contribution in [0, 0.1) is 5.92 Å². The zero-order valence-electron chi connectivity index (χ0n) is 11.1. The van der Waals surface area contributed by atoms with E-state index in [2.05, 4.69) is 18.2 Å². The van der Waals surface area contributed by atoms with Crippen molar-refractivity contribution in [1.29, 1.82) is 0 Å². The van der Waals surface area contributed by atoms with Crippen LogP contribution in [0.15, 0.2) is 18.2 Å². The molecule has 1 aromatic rings. The highest BCUT2D eigenvalue weighted by Crippen LogP contribution is 2.31. The molecule has 0 saturated carbocycles. The topological polar surface area (TPSA) is 60.2 Å². The van der Waals surface area contributed by atoms with Gasteiger partial charge in [0, 0.05) is 6.04 Å². The summed E-state index contributed by atoms with van der Waals surface area (Å²) in [5, 5.41) is 0. The van der Waals surface area contributed by atoms with E-state index in [-0.39, 0.29) is 17.7 Å². The van der Waals surface area contributed by atoms with Crippen LogP contribution in [0.4, 0.5) is 0 Å². The Labute approximate surface area is 115 Å². The van der Waals surface area contributed by atoms with Crippen molar-refractivity contribution in [3.05, 3.63) is 34.9 Å². The van der Waals surface area contributed by atoms with Gasteiger partial charge in [0.25, 0.3) is 0 Å². The van der Waals surface area contributed by atoms with Gasteiger partial charge in [0.15, 0.2) is 9.84 Å². The molecular weight excluding hydrogens is 258 g/mol. The Morgan fingerprint density at radius 1 is 1.16 bits per heavy atom. The van der Waals surface area contributed by atoms with Gasteiger partial charge in [-0.2, -0.15) is 0 Å². The first-order chi connectivity index (χ1) is 9.05. The molecule has 0 radical (unpaired) electrons. The normalized spacial score (nSPS) is 26.9. The summed E-state index contributed by atoms with van der Waals surface area (Å²) in [6.45, 7) is 0. The van der Waals surface area contributed by atoms with Crippen LogP contribution in [0.1, 0.15) is 42.0 Å². The van der Waals surface area contributed by atoms with E-state index in [9.17, 15) is 8.42 Å². The number of aryl methyl sites for hydroxylation is 2. The largest absolute Gasteiger partial charge is 0.324 e. The van der Waals surface area contributed by atoms with Gasteiger partial charge in [-0.3, -0.25) is 0 Å². The Bertz CT molecular complexity index is 580. The third-order valence-corrected chi connectivity index (χ3v) is 6.33. The number of hydrogen-bond acceptors (Lipinski definition) is 3. The average molecular weight is 279 g/mol. The van der Waals surface area contributed by atoms with E-state index < -0.39 is 9.84 Å². The van der Waals surface area contributed by atoms with Crippen LogP contribution in [0.25, 0.3) is 0 Å². The molecule has 104 valence electrons. The lowest BCUT2D eigenvalue weighted by atomic mass is 9.86. The lowest BCUT2D eigenvalue weighted by Crippen LogP contribution is -2.23. The van der Waals surface area contributed by atoms with Crippen molar-refractivity contribution in [3.63, 3.8) is 0 Å². The van der Waals surface area contributed by atoms with E-state index in [1.165, 1.54) is 30.4 Å². The van der Waals surface area contributed by atoms with Crippen LogP contribution >= 0.6 is 0 Å². The Balaban J connectivity index is 1.82. The molecule has 1 aliphatic carbocycles. The third kappa shape index (κ3) is 2.70. The maximum absolute atomic E-state index is 11.6. The molecule has 0 spiro atoms. The first-order valence-electron chi connectivity index (χ1n) is 7.13. The summed E-state index contributed by atoms with van der Waals surface area (Å²) >= 11 is 0. The fourth-order valence-corrected chi connectivity index (χ4v) is 5.19. The molecule has 1 aliphatic heterocycles. The second-order valence-corrected chi connectivity index (χ2v) is 8.15. The monoisotopic (exact) mass is 279 g/mol. The summed E-state index contributed by atoms with van der Waals surface area (Å²) in [5.41, 5.74) is 10.3. The zero-order valence-corrected chi connectivity index (χ0v) is 12.0. The molecule has 3 rings (SSSR count). The summed E-state index contributed by atoms with van der Waals surface area (Å²) in [7, 11) is -2.85. The van der Waals surface area contributed by atoms with Gasteiger partial charge in [-0.15, -0.1) is 0 Å². The van der Waals surface area contributed by atoms with Crippen LogP contribution in [0.2, 0.25) is 0 Å². The molecule has 2 aliphatic rings. The van der Waals surface area contributed by atoms with Gasteiger partial charge in [-0.25, -0.2) is 8.42 Å². The molecule has 19 heavy (non-hydrogen) atoms. The molecule has 2 atom stereocenters. The lowest BCUT2D eigenvalue weighted by molar-refractivity contribution is 0.479. The van der Waals surface area contributed by atoms with Crippen molar-refractivity contribution in [2.24, 2.45) is 11.7 Å². The predicted molar refractivity (Wildman–Crippen MR) is 76.8 cm³/mol. The van der Waals surface area contributed by atoms with Crippen LogP contribution < -0.4 is 5.73 Å². The number of fused-ring (bicyclic) bond motifs is 1. The molecule has 2 unspecified atom stereocenters. The SMILES string of the molecule is NC(c1ccc2c(c1)CCCC2)C1CCS(=O)(=O)C1. The fraction of sp³-hybridized carbons (Fsp3) is 0.600. The lowest BCUT2D eigenvalue weighted by Gasteiger charge is -2.22. The minimum atomic E-state index is -2.85. The van der Waals surface area contributed by atoms with E-state index in [1.54, 1.807) is 0 Å². The number of hydrogen-bond donors (Lipinski definition) is 1. The van der Waals surface area contributed by atoms with E-state index in [0.29, 0.717) is 12.2 Å². The minimum absolute atomic E-state index is 0.0895. The van der Waals surface area contributed by atoms with Gasteiger partial charge in [0.2, 0.25) is 0 Å². The molecule has 0 amide bonds. The molecule has 2 N–H and O–H groups in total. The highest BCUT2D eigenvalue weighted by molar-refractivity contribution is 7.91. The molecular formula is C15H21NO2S. The molecule has 1 fully saturated rings. The number of sulfone groups is 1. The van der Waals surface area contributed by atoms with E-state index in [4.69, 9.17) is 5.73 Å². The smallest absolute Gasteiger partial charge is 0.150 e. The molecule has 0 bridgehead atoms. The van der Waals surface area contributed by atoms with Crippen LogP contribution in [-0.4, -0.2) is 19.9 Å². The van der Waals surface area contributed by atoms with E-state index >= 15 is 0 Å². The van der Waals surface area contributed by atoms with Gasteiger partial charge in [0.05, 0.1) is 11.5 Å². The summed E-state index contributed by atoms with van der Waals surface area (Å²) < 4.78 is 23.1. The summed E-state index contributed by atoms with van der Waals surface area (Å²) in [4.78, 5) is 0. The number of rotatable bonds is 2. The molecule has 1 saturated heterocycles.